The first-order chi connectivity index (χ1) is 7.12. The minimum atomic E-state index is -3.16. The molecule has 0 aliphatic heterocycles. The predicted molar refractivity (Wildman–Crippen MR) is 60.4 cm³/mol. The maximum absolute atomic E-state index is 13.5. The molecule has 1 aliphatic carbocycles. The summed E-state index contributed by atoms with van der Waals surface area (Å²) < 4.78 is 26.9. The van der Waals surface area contributed by atoms with E-state index in [1.165, 1.54) is 0 Å². The highest BCUT2D eigenvalue weighted by Crippen LogP contribution is 2.46. The summed E-state index contributed by atoms with van der Waals surface area (Å²) in [7, 11) is 0. The molecule has 0 radical (unpaired) electrons. The summed E-state index contributed by atoms with van der Waals surface area (Å²) in [6.45, 7) is 5.57. The molecule has 0 amide bonds. The number of aliphatic hydroxyl groups is 1. The normalized spacial score (nSPS) is 32.8. The lowest BCUT2D eigenvalue weighted by molar-refractivity contribution is -0.196. The lowest BCUT2D eigenvalue weighted by Crippen LogP contribution is -2.54. The first-order valence-electron chi connectivity index (χ1n) is 5.93. The predicted octanol–water partition coefficient (Wildman–Crippen LogP) is 2.55. The molecule has 2 nitrogen and oxygen atoms in total. The number of alkyl halides is 2. The van der Waals surface area contributed by atoms with Gasteiger partial charge in [-0.25, -0.2) is 8.78 Å². The van der Waals surface area contributed by atoms with Crippen LogP contribution in [0.1, 0.15) is 46.5 Å². The molecule has 96 valence electrons. The Balaban J connectivity index is 2.67. The molecular formula is C12H23F2NO. The smallest absolute Gasteiger partial charge is 0.288 e. The molecule has 0 aromatic carbocycles. The van der Waals surface area contributed by atoms with Gasteiger partial charge in [0.2, 0.25) is 0 Å². The Hall–Kier alpha value is -0.220. The fraction of sp³-hybridized carbons (Fsp3) is 1.00. The van der Waals surface area contributed by atoms with Gasteiger partial charge in [-0.05, 0) is 37.0 Å². The average molecular weight is 235 g/mol. The van der Waals surface area contributed by atoms with Crippen molar-refractivity contribution in [2.75, 3.05) is 6.54 Å². The standard InChI is InChI=1S/C12H23F2NO/c1-10(2,3)9-4-6-11(16,7-5-9)12(13,14)8-15/h9,16H,4-8,15H2,1-3H3. The van der Waals surface area contributed by atoms with Gasteiger partial charge in [0.15, 0.2) is 0 Å². The second-order valence-electron chi connectivity index (χ2n) is 6.08. The molecule has 0 unspecified atom stereocenters. The molecule has 1 rings (SSSR count). The molecule has 0 aromatic heterocycles. The molecule has 3 N–H and O–H groups in total. The van der Waals surface area contributed by atoms with E-state index in [1.54, 1.807) is 0 Å². The van der Waals surface area contributed by atoms with E-state index in [4.69, 9.17) is 5.73 Å². The topological polar surface area (TPSA) is 46.2 Å². The van der Waals surface area contributed by atoms with Crippen molar-refractivity contribution in [2.45, 2.75) is 58.0 Å². The fourth-order valence-corrected chi connectivity index (χ4v) is 2.52. The number of hydrogen-bond donors (Lipinski definition) is 2. The van der Waals surface area contributed by atoms with Crippen LogP contribution in [0.3, 0.4) is 0 Å². The van der Waals surface area contributed by atoms with E-state index in [1.807, 2.05) is 0 Å². The van der Waals surface area contributed by atoms with Crippen LogP contribution in [0.25, 0.3) is 0 Å². The van der Waals surface area contributed by atoms with Crippen molar-refractivity contribution < 1.29 is 13.9 Å². The maximum Gasteiger partial charge on any atom is 0.288 e. The Morgan fingerprint density at radius 2 is 1.69 bits per heavy atom. The van der Waals surface area contributed by atoms with Gasteiger partial charge in [0, 0.05) is 0 Å². The van der Waals surface area contributed by atoms with Crippen LogP contribution in [-0.2, 0) is 0 Å². The molecule has 0 heterocycles. The van der Waals surface area contributed by atoms with E-state index in [2.05, 4.69) is 20.8 Å². The minimum Gasteiger partial charge on any atom is -0.384 e. The third-order valence-electron chi connectivity index (χ3n) is 3.97. The van der Waals surface area contributed by atoms with Gasteiger partial charge >= 0.3 is 0 Å². The van der Waals surface area contributed by atoms with Crippen molar-refractivity contribution >= 4 is 0 Å². The molecule has 0 aromatic rings. The Morgan fingerprint density at radius 1 is 1.25 bits per heavy atom. The van der Waals surface area contributed by atoms with Gasteiger partial charge in [0.1, 0.15) is 5.60 Å². The van der Waals surface area contributed by atoms with E-state index < -0.39 is 18.1 Å². The molecule has 0 spiro atoms. The van der Waals surface area contributed by atoms with E-state index in [0.29, 0.717) is 18.8 Å². The van der Waals surface area contributed by atoms with Crippen molar-refractivity contribution in [2.24, 2.45) is 17.1 Å². The Kier molecular flexibility index (Phi) is 3.65. The van der Waals surface area contributed by atoms with Gasteiger partial charge in [0.05, 0.1) is 6.54 Å². The quantitative estimate of drug-likeness (QED) is 0.772. The van der Waals surface area contributed by atoms with Crippen molar-refractivity contribution in [3.63, 3.8) is 0 Å². The number of halogens is 2. The van der Waals surface area contributed by atoms with Crippen molar-refractivity contribution in [1.29, 1.82) is 0 Å². The monoisotopic (exact) mass is 235 g/mol. The number of hydrogen-bond acceptors (Lipinski definition) is 2. The van der Waals surface area contributed by atoms with Gasteiger partial charge in [-0.15, -0.1) is 0 Å². The highest BCUT2D eigenvalue weighted by molar-refractivity contribution is 4.98. The molecule has 0 saturated heterocycles. The molecule has 4 heteroatoms. The van der Waals surface area contributed by atoms with Gasteiger partial charge < -0.3 is 10.8 Å². The van der Waals surface area contributed by atoms with Crippen LogP contribution in [0.2, 0.25) is 0 Å². The van der Waals surface area contributed by atoms with Gasteiger partial charge in [-0.2, -0.15) is 0 Å². The fourth-order valence-electron chi connectivity index (χ4n) is 2.52. The Bertz CT molecular complexity index is 240. The second kappa shape index (κ2) is 4.22. The summed E-state index contributed by atoms with van der Waals surface area (Å²) in [5.41, 5.74) is 3.27. The largest absolute Gasteiger partial charge is 0.384 e. The molecule has 1 aliphatic rings. The third kappa shape index (κ3) is 2.54. The lowest BCUT2D eigenvalue weighted by Gasteiger charge is -2.44. The summed E-state index contributed by atoms with van der Waals surface area (Å²) in [6, 6.07) is 0. The zero-order chi connectivity index (χ0) is 12.6. The Morgan fingerprint density at radius 3 is 2.00 bits per heavy atom. The van der Waals surface area contributed by atoms with Crippen LogP contribution in [0.4, 0.5) is 8.78 Å². The van der Waals surface area contributed by atoms with Gasteiger partial charge in [-0.3, -0.25) is 0 Å². The molecule has 16 heavy (non-hydrogen) atoms. The zero-order valence-corrected chi connectivity index (χ0v) is 10.4. The first kappa shape index (κ1) is 13.8. The summed E-state index contributed by atoms with van der Waals surface area (Å²) in [5.74, 6) is -2.75. The lowest BCUT2D eigenvalue weighted by atomic mass is 9.67. The van der Waals surface area contributed by atoms with Crippen molar-refractivity contribution in [3.05, 3.63) is 0 Å². The van der Waals surface area contributed by atoms with Gasteiger partial charge in [0.25, 0.3) is 5.92 Å². The van der Waals surface area contributed by atoms with E-state index in [-0.39, 0.29) is 18.3 Å². The molecule has 1 saturated carbocycles. The van der Waals surface area contributed by atoms with Crippen molar-refractivity contribution in [1.82, 2.24) is 0 Å². The minimum absolute atomic E-state index is 0.124. The number of nitrogens with two attached hydrogens (primary N) is 1. The van der Waals surface area contributed by atoms with E-state index >= 15 is 0 Å². The van der Waals surface area contributed by atoms with Crippen LogP contribution in [-0.4, -0.2) is 23.2 Å². The highest BCUT2D eigenvalue weighted by atomic mass is 19.3. The average Bonchev–Trinajstić information content (AvgIpc) is 2.16. The Labute approximate surface area is 96.2 Å². The molecular weight excluding hydrogens is 212 g/mol. The highest BCUT2D eigenvalue weighted by Gasteiger charge is 2.53. The SMILES string of the molecule is CC(C)(C)C1CCC(O)(C(F)(F)CN)CC1. The van der Waals surface area contributed by atoms with Crippen LogP contribution in [0, 0.1) is 11.3 Å². The van der Waals surface area contributed by atoms with Crippen molar-refractivity contribution in [3.8, 4) is 0 Å². The molecule has 0 bridgehead atoms. The summed E-state index contributed by atoms with van der Waals surface area (Å²) in [4.78, 5) is 0. The maximum atomic E-state index is 13.5. The zero-order valence-electron chi connectivity index (χ0n) is 10.4. The number of rotatable bonds is 2. The summed E-state index contributed by atoms with van der Waals surface area (Å²) >= 11 is 0. The molecule has 0 atom stereocenters. The molecule has 1 fully saturated rings. The third-order valence-corrected chi connectivity index (χ3v) is 3.97. The van der Waals surface area contributed by atoms with Crippen LogP contribution in [0.15, 0.2) is 0 Å². The summed E-state index contributed by atoms with van der Waals surface area (Å²) in [5, 5.41) is 9.95. The van der Waals surface area contributed by atoms with E-state index in [9.17, 15) is 13.9 Å². The van der Waals surface area contributed by atoms with Crippen LogP contribution >= 0.6 is 0 Å². The second-order valence-corrected chi connectivity index (χ2v) is 6.08. The van der Waals surface area contributed by atoms with E-state index in [0.717, 1.165) is 0 Å². The summed E-state index contributed by atoms with van der Waals surface area (Å²) in [6.07, 6.45) is 1.60. The van der Waals surface area contributed by atoms with Crippen LogP contribution < -0.4 is 5.73 Å². The first-order valence-corrected chi connectivity index (χ1v) is 5.93. The van der Waals surface area contributed by atoms with Gasteiger partial charge in [-0.1, -0.05) is 20.8 Å². The van der Waals surface area contributed by atoms with Crippen LogP contribution in [0.5, 0.6) is 0 Å².